The van der Waals surface area contributed by atoms with Gasteiger partial charge in [-0.25, -0.2) is 19.7 Å². The standard InChI is InChI=1S/C22H22Cl2N7OS/c1-11(20-30-16-3-2-12(23)6-18(16)31-20)29-21-14-7-15(24)13(8-17(14)27-10-28-21)22(32)33-5-4-26-19(33)9-25/h2-3,6-8,10-11,19,26H,4-5,9,25H2,1H3,(H,30,31)(H,27,28,29)/q+1/t11-,19?,33?/m0/s1. The molecule has 1 aliphatic heterocycles. The van der Waals surface area contributed by atoms with Crippen LogP contribution in [-0.4, -0.2) is 49.3 Å². The molecule has 0 bridgehead atoms. The number of halogens is 2. The van der Waals surface area contributed by atoms with Gasteiger partial charge in [-0.2, -0.15) is 0 Å². The highest BCUT2D eigenvalue weighted by atomic mass is 35.5. The van der Waals surface area contributed by atoms with Gasteiger partial charge >= 0.3 is 5.12 Å². The molecule has 0 saturated carbocycles. The van der Waals surface area contributed by atoms with Gasteiger partial charge in [0.05, 0.1) is 50.6 Å². The summed E-state index contributed by atoms with van der Waals surface area (Å²) in [6, 6.07) is 8.85. The molecule has 0 amide bonds. The van der Waals surface area contributed by atoms with Crippen LogP contribution in [-0.2, 0) is 10.9 Å². The summed E-state index contributed by atoms with van der Waals surface area (Å²) in [5, 5.41) is 8.44. The number of nitrogens with zero attached hydrogens (tertiary/aromatic N) is 3. The number of carbonyl (C=O) groups is 1. The van der Waals surface area contributed by atoms with E-state index in [1.54, 1.807) is 12.1 Å². The molecule has 2 aromatic heterocycles. The van der Waals surface area contributed by atoms with Gasteiger partial charge in [0.1, 0.15) is 23.7 Å². The van der Waals surface area contributed by atoms with Gasteiger partial charge < -0.3 is 16.0 Å². The van der Waals surface area contributed by atoms with Crippen LogP contribution in [0.2, 0.25) is 10.0 Å². The average Bonchev–Trinajstić information content (AvgIpc) is 3.45. The molecule has 0 spiro atoms. The van der Waals surface area contributed by atoms with E-state index in [-0.39, 0.29) is 16.5 Å². The third-order valence-electron chi connectivity index (χ3n) is 5.66. The van der Waals surface area contributed by atoms with Gasteiger partial charge in [-0.05, 0) is 37.3 Å². The number of hydrogen-bond acceptors (Lipinski definition) is 7. The molecule has 1 aliphatic rings. The summed E-state index contributed by atoms with van der Waals surface area (Å²) in [5.41, 5.74) is 8.64. The fourth-order valence-corrected chi connectivity index (χ4v) is 6.51. The van der Waals surface area contributed by atoms with Gasteiger partial charge in [0.2, 0.25) is 0 Å². The van der Waals surface area contributed by atoms with Crippen molar-refractivity contribution in [2.24, 2.45) is 5.73 Å². The summed E-state index contributed by atoms with van der Waals surface area (Å²) in [4.78, 5) is 29.9. The van der Waals surface area contributed by atoms with Crippen molar-refractivity contribution in [1.29, 1.82) is 0 Å². The van der Waals surface area contributed by atoms with Gasteiger partial charge in [0.15, 0.2) is 5.37 Å². The fourth-order valence-electron chi connectivity index (χ4n) is 3.96. The van der Waals surface area contributed by atoms with Crippen molar-refractivity contribution < 1.29 is 4.79 Å². The van der Waals surface area contributed by atoms with E-state index in [2.05, 4.69) is 30.6 Å². The van der Waals surface area contributed by atoms with Crippen LogP contribution in [0.15, 0.2) is 36.7 Å². The lowest BCUT2D eigenvalue weighted by molar-refractivity contribution is 0.108. The minimum atomic E-state index is -0.503. The number of aromatic amines is 1. The summed E-state index contributed by atoms with van der Waals surface area (Å²) in [6.07, 6.45) is 1.47. The molecule has 170 valence electrons. The summed E-state index contributed by atoms with van der Waals surface area (Å²) < 4.78 is 0. The van der Waals surface area contributed by atoms with Crippen LogP contribution >= 0.6 is 23.2 Å². The van der Waals surface area contributed by atoms with Crippen molar-refractivity contribution in [2.45, 2.75) is 18.3 Å². The molecule has 5 N–H and O–H groups in total. The highest BCUT2D eigenvalue weighted by Crippen LogP contribution is 2.31. The number of rotatable bonds is 5. The van der Waals surface area contributed by atoms with Crippen LogP contribution in [0.5, 0.6) is 0 Å². The first kappa shape index (κ1) is 22.4. The molecule has 4 aromatic rings. The third kappa shape index (κ3) is 4.27. The molecule has 0 radical (unpaired) electrons. The van der Waals surface area contributed by atoms with Crippen LogP contribution in [0.25, 0.3) is 21.9 Å². The van der Waals surface area contributed by atoms with Crippen LogP contribution in [0.4, 0.5) is 5.82 Å². The molecule has 33 heavy (non-hydrogen) atoms. The van der Waals surface area contributed by atoms with Crippen LogP contribution in [0.1, 0.15) is 29.1 Å². The molecular formula is C22H22Cl2N7OS+. The fraction of sp³-hybridized carbons (Fsp3) is 0.273. The summed E-state index contributed by atoms with van der Waals surface area (Å²) >= 11 is 12.7. The van der Waals surface area contributed by atoms with E-state index < -0.39 is 10.9 Å². The molecule has 3 atom stereocenters. The number of imidazole rings is 1. The topological polar surface area (TPSA) is 122 Å². The van der Waals surface area contributed by atoms with Crippen molar-refractivity contribution in [3.8, 4) is 0 Å². The predicted octanol–water partition coefficient (Wildman–Crippen LogP) is 3.63. The van der Waals surface area contributed by atoms with E-state index in [1.165, 1.54) is 6.33 Å². The summed E-state index contributed by atoms with van der Waals surface area (Å²) in [7, 11) is -0.503. The molecule has 11 heteroatoms. The number of anilines is 1. The molecule has 2 aromatic carbocycles. The Hall–Kier alpha value is -2.43. The van der Waals surface area contributed by atoms with Gasteiger partial charge in [0.25, 0.3) is 0 Å². The first-order chi connectivity index (χ1) is 15.9. The van der Waals surface area contributed by atoms with E-state index in [0.29, 0.717) is 33.5 Å². The molecule has 3 heterocycles. The Labute approximate surface area is 203 Å². The minimum Gasteiger partial charge on any atom is -0.360 e. The van der Waals surface area contributed by atoms with Crippen molar-refractivity contribution in [3.05, 3.63) is 58.1 Å². The lowest BCUT2D eigenvalue weighted by atomic mass is 10.1. The van der Waals surface area contributed by atoms with Crippen molar-refractivity contribution in [3.63, 3.8) is 0 Å². The van der Waals surface area contributed by atoms with Crippen LogP contribution in [0.3, 0.4) is 0 Å². The van der Waals surface area contributed by atoms with Crippen LogP contribution < -0.4 is 16.4 Å². The number of nitrogens with one attached hydrogen (secondary N) is 3. The van der Waals surface area contributed by atoms with E-state index in [1.807, 2.05) is 25.1 Å². The third-order valence-corrected chi connectivity index (χ3v) is 8.59. The quantitative estimate of drug-likeness (QED) is 0.307. The van der Waals surface area contributed by atoms with E-state index in [9.17, 15) is 4.79 Å². The normalized spacial score (nSPS) is 19.3. The predicted molar refractivity (Wildman–Crippen MR) is 135 cm³/mol. The maximum atomic E-state index is 13.2. The Balaban J connectivity index is 1.45. The monoisotopic (exact) mass is 502 g/mol. The van der Waals surface area contributed by atoms with Crippen LogP contribution in [0, 0.1) is 0 Å². The number of benzene rings is 2. The van der Waals surface area contributed by atoms with Crippen molar-refractivity contribution in [1.82, 2.24) is 25.3 Å². The highest BCUT2D eigenvalue weighted by molar-refractivity contribution is 8.12. The maximum Gasteiger partial charge on any atom is 0.365 e. The highest BCUT2D eigenvalue weighted by Gasteiger charge is 2.43. The van der Waals surface area contributed by atoms with E-state index >= 15 is 0 Å². The number of nitrogens with two attached hydrogens (primary N) is 1. The maximum absolute atomic E-state index is 13.2. The summed E-state index contributed by atoms with van der Waals surface area (Å²) in [5.74, 6) is 2.13. The molecule has 1 saturated heterocycles. The Morgan fingerprint density at radius 3 is 2.94 bits per heavy atom. The van der Waals surface area contributed by atoms with Gasteiger partial charge in [-0.15, -0.1) is 0 Å². The smallest absolute Gasteiger partial charge is 0.360 e. The Kier molecular flexibility index (Phi) is 6.15. The van der Waals surface area contributed by atoms with Gasteiger partial charge in [-0.1, -0.05) is 23.2 Å². The largest absolute Gasteiger partial charge is 0.365 e. The Morgan fingerprint density at radius 2 is 2.12 bits per heavy atom. The second kappa shape index (κ2) is 9.08. The summed E-state index contributed by atoms with van der Waals surface area (Å²) in [6.45, 7) is 3.18. The van der Waals surface area contributed by atoms with Gasteiger partial charge in [0, 0.05) is 17.0 Å². The zero-order chi connectivity index (χ0) is 23.1. The number of hydrogen-bond donors (Lipinski definition) is 4. The molecule has 1 fully saturated rings. The minimum absolute atomic E-state index is 0.00793. The van der Waals surface area contributed by atoms with Gasteiger partial charge in [-0.3, -0.25) is 5.32 Å². The number of carbonyl (C=O) groups excluding carboxylic acids is 1. The lowest BCUT2D eigenvalue weighted by Gasteiger charge is -2.14. The first-order valence-corrected chi connectivity index (χ1v) is 12.7. The van der Waals surface area contributed by atoms with E-state index in [0.717, 1.165) is 34.5 Å². The number of fused-ring (bicyclic) bond motifs is 2. The molecular weight excluding hydrogens is 481 g/mol. The SMILES string of the molecule is C[C@H](Nc1ncnc2cc(C(=O)[S+]3CCNC3CN)c(Cl)cc12)c1nc2ccc(Cl)cc2[nH]1. The van der Waals surface area contributed by atoms with Crippen molar-refractivity contribution >= 4 is 67.0 Å². The number of aromatic nitrogens is 4. The average molecular weight is 503 g/mol. The molecule has 2 unspecified atom stereocenters. The zero-order valence-corrected chi connectivity index (χ0v) is 20.1. The zero-order valence-electron chi connectivity index (χ0n) is 17.7. The Morgan fingerprint density at radius 1 is 1.27 bits per heavy atom. The second-order valence-electron chi connectivity index (χ2n) is 7.82. The lowest BCUT2D eigenvalue weighted by Crippen LogP contribution is -2.38. The van der Waals surface area contributed by atoms with Crippen molar-refractivity contribution in [2.75, 3.05) is 24.2 Å². The number of H-pyrrole nitrogens is 1. The second-order valence-corrected chi connectivity index (χ2v) is 10.9. The van der Waals surface area contributed by atoms with E-state index in [4.69, 9.17) is 28.9 Å². The first-order valence-electron chi connectivity index (χ1n) is 10.5. The Bertz CT molecular complexity index is 1360. The molecule has 0 aliphatic carbocycles. The molecule has 8 nitrogen and oxygen atoms in total. The molecule has 5 rings (SSSR count).